The van der Waals surface area contributed by atoms with E-state index in [1.54, 1.807) is 0 Å². The molecule has 0 saturated carbocycles. The fraction of sp³-hybridized carbons (Fsp3) is 0.900. The molecule has 0 rings (SSSR count). The molecule has 24 heavy (non-hydrogen) atoms. The van der Waals surface area contributed by atoms with Crippen molar-refractivity contribution in [1.82, 2.24) is 0 Å². The molecule has 0 saturated heterocycles. The van der Waals surface area contributed by atoms with Gasteiger partial charge in [-0.15, -0.1) is 0 Å². The molecule has 0 fully saturated rings. The van der Waals surface area contributed by atoms with Gasteiger partial charge in [0.25, 0.3) is 0 Å². The highest BCUT2D eigenvalue weighted by Crippen LogP contribution is 2.08. The average molecular weight is 343 g/mol. The summed E-state index contributed by atoms with van der Waals surface area (Å²) in [5.74, 6) is 0.410. The van der Waals surface area contributed by atoms with Crippen LogP contribution in [-0.4, -0.2) is 25.2 Å². The molecule has 4 heteroatoms. The van der Waals surface area contributed by atoms with Gasteiger partial charge in [0, 0.05) is 12.8 Å². The second-order valence-electron chi connectivity index (χ2n) is 6.95. The van der Waals surface area contributed by atoms with Crippen LogP contribution in [0.2, 0.25) is 0 Å². The fourth-order valence-electron chi connectivity index (χ4n) is 2.42. The molecule has 0 radical (unpaired) electrons. The lowest BCUT2D eigenvalue weighted by atomic mass is 10.1. The Kier molecular flexibility index (Phi) is 16.0. The number of carbonyl (C=O) groups is 2. The molecule has 0 amide bonds. The minimum Gasteiger partial charge on any atom is -0.466 e. The maximum absolute atomic E-state index is 11.5. The van der Waals surface area contributed by atoms with Crippen LogP contribution >= 0.6 is 0 Å². The summed E-state index contributed by atoms with van der Waals surface area (Å²) in [6.45, 7) is 7.63. The molecule has 0 atom stereocenters. The molecule has 0 aromatic carbocycles. The summed E-state index contributed by atoms with van der Waals surface area (Å²) < 4.78 is 10.4. The molecule has 0 N–H and O–H groups in total. The van der Waals surface area contributed by atoms with Crippen molar-refractivity contribution in [2.45, 2.75) is 97.8 Å². The molecule has 0 aromatic rings. The minimum absolute atomic E-state index is 0.146. The van der Waals surface area contributed by atoms with Crippen molar-refractivity contribution in [3.63, 3.8) is 0 Å². The van der Waals surface area contributed by atoms with Crippen LogP contribution in [0.25, 0.3) is 0 Å². The Labute approximate surface area is 148 Å². The smallest absolute Gasteiger partial charge is 0.305 e. The van der Waals surface area contributed by atoms with Gasteiger partial charge in [0.2, 0.25) is 0 Å². The number of unbranched alkanes of at least 4 members (excludes halogenated alkanes) is 6. The van der Waals surface area contributed by atoms with Gasteiger partial charge in [-0.1, -0.05) is 52.9 Å². The zero-order valence-electron chi connectivity index (χ0n) is 16.1. The van der Waals surface area contributed by atoms with Gasteiger partial charge in [0.1, 0.15) is 0 Å². The van der Waals surface area contributed by atoms with E-state index < -0.39 is 0 Å². The standard InChI is InChI=1S/C20H38O4/c1-4-5-6-7-11-16-23-19(21)14-8-9-15-20(22)24-17-12-10-13-18(2)3/h18H,4-17H2,1-3H3. The first kappa shape index (κ1) is 22.9. The molecule has 142 valence electrons. The first-order chi connectivity index (χ1) is 11.6. The molecule has 0 heterocycles. The van der Waals surface area contributed by atoms with Crippen LogP contribution in [-0.2, 0) is 19.1 Å². The Balaban J connectivity index is 3.34. The Bertz CT molecular complexity index is 313. The van der Waals surface area contributed by atoms with E-state index in [9.17, 15) is 9.59 Å². The first-order valence-corrected chi connectivity index (χ1v) is 9.87. The second-order valence-corrected chi connectivity index (χ2v) is 6.95. The van der Waals surface area contributed by atoms with Crippen LogP contribution in [0.3, 0.4) is 0 Å². The predicted molar refractivity (Wildman–Crippen MR) is 97.8 cm³/mol. The van der Waals surface area contributed by atoms with Crippen LogP contribution in [0.4, 0.5) is 0 Å². The SMILES string of the molecule is CCCCCCCOC(=O)CCCCC(=O)OCCCCC(C)C. The first-order valence-electron chi connectivity index (χ1n) is 9.87. The van der Waals surface area contributed by atoms with Gasteiger partial charge in [-0.2, -0.15) is 0 Å². The third-order valence-corrected chi connectivity index (χ3v) is 3.96. The highest BCUT2D eigenvalue weighted by Gasteiger charge is 2.06. The van der Waals surface area contributed by atoms with Gasteiger partial charge in [-0.25, -0.2) is 0 Å². The van der Waals surface area contributed by atoms with Crippen LogP contribution in [0, 0.1) is 5.92 Å². The molecular formula is C20H38O4. The van der Waals surface area contributed by atoms with Crippen LogP contribution < -0.4 is 0 Å². The summed E-state index contributed by atoms with van der Waals surface area (Å²) in [5.41, 5.74) is 0. The van der Waals surface area contributed by atoms with E-state index in [2.05, 4.69) is 20.8 Å². The van der Waals surface area contributed by atoms with Gasteiger partial charge in [0.05, 0.1) is 13.2 Å². The highest BCUT2D eigenvalue weighted by molar-refractivity contribution is 5.70. The maximum atomic E-state index is 11.5. The van der Waals surface area contributed by atoms with Crippen LogP contribution in [0.5, 0.6) is 0 Å². The zero-order chi connectivity index (χ0) is 18.0. The fourth-order valence-corrected chi connectivity index (χ4v) is 2.42. The Morgan fingerprint density at radius 2 is 1.21 bits per heavy atom. The summed E-state index contributed by atoms with van der Waals surface area (Å²) in [4.78, 5) is 23.1. The third kappa shape index (κ3) is 17.3. The van der Waals surface area contributed by atoms with Crippen LogP contribution in [0.15, 0.2) is 0 Å². The molecule has 4 nitrogen and oxygen atoms in total. The van der Waals surface area contributed by atoms with Crippen molar-refractivity contribution < 1.29 is 19.1 Å². The predicted octanol–water partition coefficient (Wildman–Crippen LogP) is 5.43. The van der Waals surface area contributed by atoms with E-state index >= 15 is 0 Å². The molecule has 0 aliphatic heterocycles. The molecule has 0 aliphatic carbocycles. The van der Waals surface area contributed by atoms with Crippen molar-refractivity contribution in [3.8, 4) is 0 Å². The van der Waals surface area contributed by atoms with Gasteiger partial charge in [0.15, 0.2) is 0 Å². The van der Waals surface area contributed by atoms with Crippen molar-refractivity contribution in [2.24, 2.45) is 5.92 Å². The number of ether oxygens (including phenoxy) is 2. The Morgan fingerprint density at radius 3 is 1.71 bits per heavy atom. The van der Waals surface area contributed by atoms with Crippen molar-refractivity contribution >= 4 is 11.9 Å². The van der Waals surface area contributed by atoms with E-state index in [1.807, 2.05) is 0 Å². The van der Waals surface area contributed by atoms with Gasteiger partial charge >= 0.3 is 11.9 Å². The van der Waals surface area contributed by atoms with Gasteiger partial charge in [-0.05, 0) is 38.0 Å². The van der Waals surface area contributed by atoms with E-state index in [1.165, 1.54) is 25.7 Å². The summed E-state index contributed by atoms with van der Waals surface area (Å²) >= 11 is 0. The average Bonchev–Trinajstić information content (AvgIpc) is 2.54. The molecule has 0 unspecified atom stereocenters. The lowest BCUT2D eigenvalue weighted by Gasteiger charge is -2.07. The summed E-state index contributed by atoms with van der Waals surface area (Å²) in [6.07, 6.45) is 11.2. The van der Waals surface area contributed by atoms with Crippen LogP contribution in [0.1, 0.15) is 97.8 Å². The number of hydrogen-bond acceptors (Lipinski definition) is 4. The minimum atomic E-state index is -0.149. The van der Waals surface area contributed by atoms with E-state index in [0.717, 1.165) is 25.7 Å². The lowest BCUT2D eigenvalue weighted by molar-refractivity contribution is -0.146. The maximum Gasteiger partial charge on any atom is 0.305 e. The molecule has 0 aromatic heterocycles. The van der Waals surface area contributed by atoms with E-state index in [0.29, 0.717) is 44.8 Å². The molecule has 0 aliphatic rings. The molecule has 0 bridgehead atoms. The number of hydrogen-bond donors (Lipinski definition) is 0. The number of esters is 2. The van der Waals surface area contributed by atoms with Gasteiger partial charge < -0.3 is 9.47 Å². The Hall–Kier alpha value is -1.06. The summed E-state index contributed by atoms with van der Waals surface area (Å²) in [7, 11) is 0. The Morgan fingerprint density at radius 1 is 0.708 bits per heavy atom. The topological polar surface area (TPSA) is 52.6 Å². The van der Waals surface area contributed by atoms with E-state index in [-0.39, 0.29) is 11.9 Å². The monoisotopic (exact) mass is 342 g/mol. The quantitative estimate of drug-likeness (QED) is 0.277. The summed E-state index contributed by atoms with van der Waals surface area (Å²) in [5, 5.41) is 0. The highest BCUT2D eigenvalue weighted by atomic mass is 16.5. The van der Waals surface area contributed by atoms with Crippen molar-refractivity contribution in [3.05, 3.63) is 0 Å². The zero-order valence-corrected chi connectivity index (χ0v) is 16.1. The molecular weight excluding hydrogens is 304 g/mol. The van der Waals surface area contributed by atoms with Gasteiger partial charge in [-0.3, -0.25) is 9.59 Å². The molecule has 0 spiro atoms. The van der Waals surface area contributed by atoms with E-state index in [4.69, 9.17) is 9.47 Å². The third-order valence-electron chi connectivity index (χ3n) is 3.96. The van der Waals surface area contributed by atoms with Crippen molar-refractivity contribution in [1.29, 1.82) is 0 Å². The number of rotatable bonds is 16. The normalized spacial score (nSPS) is 10.8. The largest absolute Gasteiger partial charge is 0.466 e. The lowest BCUT2D eigenvalue weighted by Crippen LogP contribution is -2.08. The second kappa shape index (κ2) is 16.8. The number of carbonyl (C=O) groups excluding carboxylic acids is 2. The van der Waals surface area contributed by atoms with Crippen molar-refractivity contribution in [2.75, 3.05) is 13.2 Å². The summed E-state index contributed by atoms with van der Waals surface area (Å²) in [6, 6.07) is 0.